The Balaban J connectivity index is 2.06. The van der Waals surface area contributed by atoms with Crippen LogP contribution in [0.1, 0.15) is 75.2 Å². The third-order valence-corrected chi connectivity index (χ3v) is 22.2. The van der Waals surface area contributed by atoms with Gasteiger partial charge in [0.2, 0.25) is 0 Å². The van der Waals surface area contributed by atoms with Crippen molar-refractivity contribution in [3.63, 3.8) is 0 Å². The molecule has 0 aliphatic carbocycles. The summed E-state index contributed by atoms with van der Waals surface area (Å²) in [5.74, 6) is -0.319. The molecular formula is C27H41NO3Sn. The number of rotatable bonds is 14. The molecule has 0 unspecified atom stereocenters. The molecule has 0 atom stereocenters. The second-order valence-corrected chi connectivity index (χ2v) is 22.2. The minimum absolute atomic E-state index is 0.0592. The van der Waals surface area contributed by atoms with Gasteiger partial charge in [0, 0.05) is 0 Å². The predicted molar refractivity (Wildman–Crippen MR) is 137 cm³/mol. The van der Waals surface area contributed by atoms with Crippen molar-refractivity contribution in [2.45, 2.75) is 79.0 Å². The average molecular weight is 546 g/mol. The molecule has 3 N–H and O–H groups in total. The van der Waals surface area contributed by atoms with Crippen LogP contribution in [0.5, 0.6) is 11.5 Å². The van der Waals surface area contributed by atoms with Crippen molar-refractivity contribution in [2.75, 3.05) is 6.54 Å². The molecule has 0 fully saturated rings. The van der Waals surface area contributed by atoms with Crippen LogP contribution in [0, 0.1) is 0 Å². The van der Waals surface area contributed by atoms with Crippen molar-refractivity contribution in [2.24, 2.45) is 0 Å². The Bertz CT molecular complexity index is 814. The van der Waals surface area contributed by atoms with Crippen molar-refractivity contribution in [3.05, 3.63) is 53.6 Å². The standard InChI is InChI=1S/C15H14NO3.3C4H9.Sn/c17-13-7-6-11(10-14(13)18)8-9-16-15(19)12-4-2-1-3-5-12;3*1-3-4-2;/h2-7,10,17-18H,8-9H2,(H,16,19);3*1,3-4H2,2H3;. The number of phenols is 2. The average Bonchev–Trinajstić information content (AvgIpc) is 2.81. The van der Waals surface area contributed by atoms with Gasteiger partial charge in [-0.3, -0.25) is 0 Å². The molecule has 1 amide bonds. The van der Waals surface area contributed by atoms with E-state index < -0.39 is 18.4 Å². The molecule has 2 aromatic carbocycles. The number of unbranched alkanes of at least 4 members (excludes halogenated alkanes) is 3. The summed E-state index contributed by atoms with van der Waals surface area (Å²) in [5.41, 5.74) is 1.58. The fourth-order valence-corrected chi connectivity index (χ4v) is 20.4. The number of nitrogens with one attached hydrogen (secondary N) is 1. The number of benzene rings is 2. The minimum atomic E-state index is -2.45. The SMILES string of the molecule is CCC[CH2][Sn]([CH2]CCC)([CH2]CCC)[c]1ccc(C(=O)NCCc2ccc(O)c(O)c2)cc1. The summed E-state index contributed by atoms with van der Waals surface area (Å²) in [6.45, 7) is 7.37. The molecule has 0 heterocycles. The summed E-state index contributed by atoms with van der Waals surface area (Å²) in [6, 6.07) is 13.3. The van der Waals surface area contributed by atoms with E-state index in [2.05, 4.69) is 38.2 Å². The first-order valence-corrected chi connectivity index (χ1v) is 19.8. The molecule has 2 rings (SSSR count). The van der Waals surface area contributed by atoms with E-state index in [1.54, 1.807) is 9.65 Å². The van der Waals surface area contributed by atoms with Crippen LogP contribution >= 0.6 is 0 Å². The Morgan fingerprint density at radius 1 is 0.812 bits per heavy atom. The third-order valence-electron chi connectivity index (χ3n) is 6.53. The topological polar surface area (TPSA) is 69.6 Å². The Hall–Kier alpha value is -1.69. The first kappa shape index (κ1) is 26.6. The van der Waals surface area contributed by atoms with Gasteiger partial charge in [-0.25, -0.2) is 0 Å². The van der Waals surface area contributed by atoms with Gasteiger partial charge < -0.3 is 5.11 Å². The zero-order valence-corrected chi connectivity index (χ0v) is 23.0. The molecule has 0 saturated heterocycles. The van der Waals surface area contributed by atoms with Crippen LogP contribution in [0.2, 0.25) is 13.3 Å². The van der Waals surface area contributed by atoms with E-state index in [4.69, 9.17) is 0 Å². The molecule has 4 nitrogen and oxygen atoms in total. The fraction of sp³-hybridized carbons (Fsp3) is 0.519. The second kappa shape index (κ2) is 13.8. The van der Waals surface area contributed by atoms with Crippen molar-refractivity contribution >= 4 is 27.9 Å². The van der Waals surface area contributed by atoms with Gasteiger partial charge in [-0.05, 0) is 0 Å². The van der Waals surface area contributed by atoms with Gasteiger partial charge >= 0.3 is 194 Å². The molecule has 0 radical (unpaired) electrons. The number of carbonyl (C=O) groups excluding carboxylic acids is 1. The van der Waals surface area contributed by atoms with E-state index >= 15 is 0 Å². The number of amides is 1. The monoisotopic (exact) mass is 547 g/mol. The second-order valence-electron chi connectivity index (χ2n) is 9.00. The Labute approximate surface area is 198 Å². The van der Waals surface area contributed by atoms with E-state index in [0.29, 0.717) is 18.5 Å². The van der Waals surface area contributed by atoms with Gasteiger partial charge in [0.25, 0.3) is 0 Å². The molecule has 0 aromatic heterocycles. The summed E-state index contributed by atoms with van der Waals surface area (Å²) in [7, 11) is 0. The van der Waals surface area contributed by atoms with Gasteiger partial charge in [-0.15, -0.1) is 0 Å². The zero-order chi connectivity index (χ0) is 23.4. The number of hydrogen-bond donors (Lipinski definition) is 3. The van der Waals surface area contributed by atoms with Crippen LogP contribution in [0.3, 0.4) is 0 Å². The molecule has 0 aliphatic heterocycles. The van der Waals surface area contributed by atoms with Gasteiger partial charge in [0.05, 0.1) is 0 Å². The maximum absolute atomic E-state index is 12.6. The number of phenolic OH excluding ortho intramolecular Hbond substituents is 2. The van der Waals surface area contributed by atoms with E-state index in [1.807, 2.05) is 12.1 Å². The van der Waals surface area contributed by atoms with Crippen LogP contribution in [-0.4, -0.2) is 41.0 Å². The van der Waals surface area contributed by atoms with Crippen LogP contribution in [-0.2, 0) is 6.42 Å². The molecule has 176 valence electrons. The molecule has 0 bridgehead atoms. The van der Waals surface area contributed by atoms with Crippen LogP contribution in [0.15, 0.2) is 42.5 Å². The van der Waals surface area contributed by atoms with Gasteiger partial charge in [0.1, 0.15) is 0 Å². The maximum atomic E-state index is 12.6. The fourth-order valence-electron chi connectivity index (χ4n) is 4.48. The molecule has 2 aromatic rings. The number of aromatic hydroxyl groups is 2. The molecule has 32 heavy (non-hydrogen) atoms. The van der Waals surface area contributed by atoms with Crippen LogP contribution in [0.4, 0.5) is 0 Å². The summed E-state index contributed by atoms with van der Waals surface area (Å²) < 4.78 is 5.87. The first-order valence-electron chi connectivity index (χ1n) is 12.3. The number of carbonyl (C=O) groups is 1. The van der Waals surface area contributed by atoms with E-state index in [9.17, 15) is 15.0 Å². The number of hydrogen-bond acceptors (Lipinski definition) is 3. The summed E-state index contributed by atoms with van der Waals surface area (Å²) in [5, 5.41) is 22.0. The first-order chi connectivity index (χ1) is 15.5. The Morgan fingerprint density at radius 3 is 1.88 bits per heavy atom. The summed E-state index contributed by atoms with van der Waals surface area (Å²) in [6.07, 6.45) is 8.38. The van der Waals surface area contributed by atoms with Crippen LogP contribution < -0.4 is 8.90 Å². The van der Waals surface area contributed by atoms with Gasteiger partial charge in [-0.1, -0.05) is 0 Å². The van der Waals surface area contributed by atoms with E-state index in [0.717, 1.165) is 5.56 Å². The summed E-state index contributed by atoms with van der Waals surface area (Å²) in [4.78, 5) is 12.6. The van der Waals surface area contributed by atoms with Crippen molar-refractivity contribution < 1.29 is 15.0 Å². The van der Waals surface area contributed by atoms with Gasteiger partial charge in [-0.2, -0.15) is 0 Å². The normalized spacial score (nSPS) is 11.5. The van der Waals surface area contributed by atoms with Gasteiger partial charge in [0.15, 0.2) is 0 Å². The van der Waals surface area contributed by atoms with Crippen LogP contribution in [0.25, 0.3) is 0 Å². The Kier molecular flexibility index (Phi) is 11.4. The summed E-state index contributed by atoms with van der Waals surface area (Å²) >= 11 is -2.45. The molecule has 5 heteroatoms. The molecule has 0 saturated carbocycles. The quantitative estimate of drug-likeness (QED) is 0.197. The predicted octanol–water partition coefficient (Wildman–Crippen LogP) is 6.13. The zero-order valence-electron chi connectivity index (χ0n) is 20.1. The van der Waals surface area contributed by atoms with Crippen molar-refractivity contribution in [1.82, 2.24) is 5.32 Å². The Morgan fingerprint density at radius 2 is 1.38 bits per heavy atom. The molecule has 0 aliphatic rings. The van der Waals surface area contributed by atoms with Crippen molar-refractivity contribution in [3.8, 4) is 11.5 Å². The van der Waals surface area contributed by atoms with E-state index in [-0.39, 0.29) is 17.4 Å². The van der Waals surface area contributed by atoms with E-state index in [1.165, 1.54) is 64.0 Å². The third kappa shape index (κ3) is 7.72. The molecule has 0 spiro atoms. The van der Waals surface area contributed by atoms with Crippen molar-refractivity contribution in [1.29, 1.82) is 0 Å². The molecular weight excluding hydrogens is 505 g/mol.